The first-order chi connectivity index (χ1) is 13.7. The standard InChI is InChI=1S/C22H22N4O3/c1-10-5-14-15(6-11(10)2)24-21(23-14)19(28)9-18(27)20(29)22-25-16-7-12(3)13(4)8-17(16)26-22/h5-8,18,27H,9H2,1-4H3,(H,23,24)(H,25,26). The van der Waals surface area contributed by atoms with E-state index in [4.69, 9.17) is 0 Å². The van der Waals surface area contributed by atoms with E-state index in [1.807, 2.05) is 52.0 Å². The van der Waals surface area contributed by atoms with Crippen LogP contribution in [0.1, 0.15) is 49.9 Å². The molecule has 7 nitrogen and oxygen atoms in total. The molecule has 7 heteroatoms. The number of hydrogen-bond acceptors (Lipinski definition) is 5. The summed E-state index contributed by atoms with van der Waals surface area (Å²) in [5, 5.41) is 10.3. The van der Waals surface area contributed by atoms with Crippen LogP contribution in [0, 0.1) is 27.7 Å². The molecule has 2 aromatic heterocycles. The van der Waals surface area contributed by atoms with Gasteiger partial charge in [0.15, 0.2) is 11.6 Å². The highest BCUT2D eigenvalue weighted by Gasteiger charge is 2.25. The maximum Gasteiger partial charge on any atom is 0.226 e. The van der Waals surface area contributed by atoms with E-state index in [-0.39, 0.29) is 18.1 Å². The van der Waals surface area contributed by atoms with Crippen LogP contribution in [0.25, 0.3) is 22.1 Å². The first kappa shape index (κ1) is 19.0. The van der Waals surface area contributed by atoms with Gasteiger partial charge >= 0.3 is 0 Å². The van der Waals surface area contributed by atoms with Crippen LogP contribution in [0.15, 0.2) is 24.3 Å². The molecule has 1 unspecified atom stereocenters. The van der Waals surface area contributed by atoms with Crippen molar-refractivity contribution >= 4 is 33.6 Å². The molecule has 0 aliphatic heterocycles. The summed E-state index contributed by atoms with van der Waals surface area (Å²) < 4.78 is 0. The molecule has 148 valence electrons. The number of nitrogens with zero attached hydrogens (tertiary/aromatic N) is 2. The molecule has 0 bridgehead atoms. The van der Waals surface area contributed by atoms with Crippen LogP contribution in [0.4, 0.5) is 0 Å². The number of aliphatic hydroxyl groups excluding tert-OH is 1. The van der Waals surface area contributed by atoms with E-state index >= 15 is 0 Å². The zero-order valence-corrected chi connectivity index (χ0v) is 16.8. The number of fused-ring (bicyclic) bond motifs is 2. The predicted octanol–water partition coefficient (Wildman–Crippen LogP) is 3.49. The van der Waals surface area contributed by atoms with Crippen LogP contribution in [0.3, 0.4) is 0 Å². The fourth-order valence-electron chi connectivity index (χ4n) is 3.31. The Balaban J connectivity index is 1.54. The van der Waals surface area contributed by atoms with Gasteiger partial charge in [0.25, 0.3) is 0 Å². The zero-order chi connectivity index (χ0) is 20.9. The van der Waals surface area contributed by atoms with E-state index in [0.29, 0.717) is 11.0 Å². The number of Topliss-reactive ketones (excluding diaryl/α,β-unsaturated/α-hetero) is 2. The van der Waals surface area contributed by atoms with Crippen LogP contribution in [0.2, 0.25) is 0 Å². The Morgan fingerprint density at radius 2 is 1.28 bits per heavy atom. The highest BCUT2D eigenvalue weighted by atomic mass is 16.3. The van der Waals surface area contributed by atoms with E-state index in [9.17, 15) is 14.7 Å². The third-order valence-electron chi connectivity index (χ3n) is 5.37. The van der Waals surface area contributed by atoms with Crippen molar-refractivity contribution in [1.29, 1.82) is 0 Å². The SMILES string of the molecule is Cc1cc2nc(C(=O)CC(O)C(=O)c3nc4cc(C)c(C)cc4[nH]3)[nH]c2cc1C. The number of aliphatic hydroxyl groups is 1. The molecular formula is C22H22N4O3. The van der Waals surface area contributed by atoms with Crippen molar-refractivity contribution in [2.45, 2.75) is 40.2 Å². The summed E-state index contributed by atoms with van der Waals surface area (Å²) in [5.74, 6) is -0.873. The molecule has 29 heavy (non-hydrogen) atoms. The van der Waals surface area contributed by atoms with E-state index < -0.39 is 17.7 Å². The first-order valence-corrected chi connectivity index (χ1v) is 9.42. The molecule has 0 amide bonds. The smallest absolute Gasteiger partial charge is 0.226 e. The first-order valence-electron chi connectivity index (χ1n) is 9.42. The number of aromatic amines is 2. The number of carbonyl (C=O) groups is 2. The Morgan fingerprint density at radius 1 is 0.828 bits per heavy atom. The topological polar surface area (TPSA) is 112 Å². The molecule has 0 radical (unpaired) electrons. The van der Waals surface area contributed by atoms with Crippen molar-refractivity contribution in [2.24, 2.45) is 0 Å². The number of imidazole rings is 2. The Labute approximate surface area is 167 Å². The molecule has 3 N–H and O–H groups in total. The fourth-order valence-corrected chi connectivity index (χ4v) is 3.31. The number of aryl methyl sites for hydroxylation is 4. The lowest BCUT2D eigenvalue weighted by molar-refractivity contribution is 0.0670. The van der Waals surface area contributed by atoms with E-state index in [2.05, 4.69) is 19.9 Å². The minimum absolute atomic E-state index is 0.0427. The van der Waals surface area contributed by atoms with Gasteiger partial charge in [-0.15, -0.1) is 0 Å². The monoisotopic (exact) mass is 390 g/mol. The second kappa shape index (κ2) is 6.93. The summed E-state index contributed by atoms with van der Waals surface area (Å²) in [7, 11) is 0. The van der Waals surface area contributed by atoms with Gasteiger partial charge in [0.1, 0.15) is 6.10 Å². The van der Waals surface area contributed by atoms with E-state index in [1.165, 1.54) is 0 Å². The van der Waals surface area contributed by atoms with Crippen LogP contribution in [-0.4, -0.2) is 42.7 Å². The summed E-state index contributed by atoms with van der Waals surface area (Å²) in [6, 6.07) is 7.62. The number of carbonyl (C=O) groups excluding carboxylic acids is 2. The van der Waals surface area contributed by atoms with Crippen molar-refractivity contribution in [3.63, 3.8) is 0 Å². The number of ketones is 2. The van der Waals surface area contributed by atoms with Crippen molar-refractivity contribution in [1.82, 2.24) is 19.9 Å². The second-order valence-electron chi connectivity index (χ2n) is 7.59. The van der Waals surface area contributed by atoms with E-state index in [0.717, 1.165) is 33.3 Å². The van der Waals surface area contributed by atoms with Gasteiger partial charge in [0, 0.05) is 6.42 Å². The van der Waals surface area contributed by atoms with Crippen LogP contribution >= 0.6 is 0 Å². The molecule has 1 atom stereocenters. The van der Waals surface area contributed by atoms with Crippen LogP contribution in [-0.2, 0) is 0 Å². The number of rotatable bonds is 5. The number of hydrogen-bond donors (Lipinski definition) is 3. The molecule has 4 rings (SSSR count). The third-order valence-corrected chi connectivity index (χ3v) is 5.37. The molecular weight excluding hydrogens is 368 g/mol. The van der Waals surface area contributed by atoms with Gasteiger partial charge in [-0.05, 0) is 74.2 Å². The van der Waals surface area contributed by atoms with Crippen molar-refractivity contribution < 1.29 is 14.7 Å². The maximum absolute atomic E-state index is 12.6. The van der Waals surface area contributed by atoms with Crippen molar-refractivity contribution in [3.05, 3.63) is 58.2 Å². The summed E-state index contributed by atoms with van der Waals surface area (Å²) in [6.45, 7) is 7.90. The highest BCUT2D eigenvalue weighted by Crippen LogP contribution is 2.20. The van der Waals surface area contributed by atoms with Gasteiger partial charge in [-0.2, -0.15) is 0 Å². The third kappa shape index (κ3) is 3.45. The Kier molecular flexibility index (Phi) is 4.55. The Morgan fingerprint density at radius 3 is 1.83 bits per heavy atom. The molecule has 0 fully saturated rings. The summed E-state index contributed by atoms with van der Waals surface area (Å²) >= 11 is 0. The Bertz CT molecular complexity index is 1200. The summed E-state index contributed by atoms with van der Waals surface area (Å²) in [5.41, 5.74) is 7.11. The lowest BCUT2D eigenvalue weighted by Gasteiger charge is -2.05. The average Bonchev–Trinajstić information content (AvgIpc) is 3.25. The number of H-pyrrole nitrogens is 2. The second-order valence-corrected chi connectivity index (χ2v) is 7.59. The minimum atomic E-state index is -1.50. The largest absolute Gasteiger partial charge is 0.384 e. The summed E-state index contributed by atoms with van der Waals surface area (Å²) in [4.78, 5) is 39.6. The minimum Gasteiger partial charge on any atom is -0.384 e. The van der Waals surface area contributed by atoms with Gasteiger partial charge in [0.05, 0.1) is 22.1 Å². The van der Waals surface area contributed by atoms with Crippen molar-refractivity contribution in [2.75, 3.05) is 0 Å². The molecule has 2 heterocycles. The fraction of sp³-hybridized carbons (Fsp3) is 0.273. The van der Waals surface area contributed by atoms with Gasteiger partial charge in [-0.3, -0.25) is 9.59 Å². The number of benzene rings is 2. The van der Waals surface area contributed by atoms with Gasteiger partial charge in [-0.1, -0.05) is 0 Å². The van der Waals surface area contributed by atoms with Crippen LogP contribution in [0.5, 0.6) is 0 Å². The normalized spacial score (nSPS) is 12.6. The molecule has 0 aliphatic carbocycles. The lowest BCUT2D eigenvalue weighted by Crippen LogP contribution is -2.25. The maximum atomic E-state index is 12.6. The lowest BCUT2D eigenvalue weighted by atomic mass is 10.1. The van der Waals surface area contributed by atoms with E-state index in [1.54, 1.807) is 0 Å². The van der Waals surface area contributed by atoms with Crippen LogP contribution < -0.4 is 0 Å². The average molecular weight is 390 g/mol. The highest BCUT2D eigenvalue weighted by molar-refractivity contribution is 6.04. The predicted molar refractivity (Wildman–Crippen MR) is 110 cm³/mol. The number of aromatic nitrogens is 4. The molecule has 0 aliphatic rings. The molecule has 0 spiro atoms. The van der Waals surface area contributed by atoms with Gasteiger partial charge < -0.3 is 15.1 Å². The quantitative estimate of drug-likeness (QED) is 0.452. The van der Waals surface area contributed by atoms with Gasteiger partial charge in [0.2, 0.25) is 11.6 Å². The number of nitrogens with one attached hydrogen (secondary N) is 2. The Hall–Kier alpha value is -3.32. The molecule has 4 aromatic rings. The molecule has 2 aromatic carbocycles. The van der Waals surface area contributed by atoms with Crippen molar-refractivity contribution in [3.8, 4) is 0 Å². The summed E-state index contributed by atoms with van der Waals surface area (Å²) in [6.07, 6.45) is -1.87. The molecule has 0 saturated carbocycles. The zero-order valence-electron chi connectivity index (χ0n) is 16.8. The molecule has 0 saturated heterocycles. The van der Waals surface area contributed by atoms with Gasteiger partial charge in [-0.25, -0.2) is 9.97 Å².